The Hall–Kier alpha value is -0.350. The summed E-state index contributed by atoms with van der Waals surface area (Å²) >= 11 is 4.55. The van der Waals surface area contributed by atoms with Crippen molar-refractivity contribution in [1.82, 2.24) is 10.6 Å². The molecule has 0 aromatic carbocycles. The predicted molar refractivity (Wildman–Crippen MR) is 38.7 cm³/mol. The van der Waals surface area contributed by atoms with Gasteiger partial charge in [-0.2, -0.15) is 0 Å². The van der Waals surface area contributed by atoms with Crippen molar-refractivity contribution >= 4 is 17.3 Å². The second-order valence-corrected chi connectivity index (χ2v) is 1.83. The maximum atomic E-state index is 5.13. The van der Waals surface area contributed by atoms with Gasteiger partial charge in [0.2, 0.25) is 0 Å². The third-order valence-electron chi connectivity index (χ3n) is 0.674. The van der Waals surface area contributed by atoms with E-state index in [1.54, 1.807) is 0 Å². The second-order valence-electron chi connectivity index (χ2n) is 1.39. The van der Waals surface area contributed by atoms with Gasteiger partial charge in [0.05, 0.1) is 0 Å². The van der Waals surface area contributed by atoms with E-state index in [0.29, 0.717) is 5.11 Å². The van der Waals surface area contributed by atoms with E-state index < -0.39 is 0 Å². The number of rotatable bonds is 3. The molecule has 0 spiro atoms. The van der Waals surface area contributed by atoms with Crippen LogP contribution >= 0.6 is 12.2 Å². The Labute approximate surface area is 54.6 Å². The Morgan fingerprint density at radius 1 is 1.62 bits per heavy atom. The van der Waals surface area contributed by atoms with Crippen LogP contribution in [0.5, 0.6) is 0 Å². The van der Waals surface area contributed by atoms with E-state index in [0.717, 1.165) is 13.1 Å². The van der Waals surface area contributed by atoms with Gasteiger partial charge < -0.3 is 16.4 Å². The molecule has 8 heavy (non-hydrogen) atoms. The van der Waals surface area contributed by atoms with Gasteiger partial charge in [-0.15, -0.1) is 0 Å². The molecule has 0 unspecified atom stereocenters. The van der Waals surface area contributed by atoms with Crippen LogP contribution in [0.3, 0.4) is 0 Å². The predicted octanol–water partition coefficient (Wildman–Crippen LogP) is -0.961. The summed E-state index contributed by atoms with van der Waals surface area (Å²) in [5.74, 6) is 0. The molecular formula is C4H11N3S. The van der Waals surface area contributed by atoms with Crippen molar-refractivity contribution in [2.45, 2.75) is 0 Å². The Bertz CT molecular complexity index is 73.7. The van der Waals surface area contributed by atoms with Crippen LogP contribution in [0.2, 0.25) is 0 Å². The molecule has 0 atom stereocenters. The lowest BCUT2D eigenvalue weighted by atomic mass is 10.6. The molecule has 0 bridgehead atoms. The van der Waals surface area contributed by atoms with Gasteiger partial charge in [-0.1, -0.05) is 0 Å². The molecular weight excluding hydrogens is 122 g/mol. The van der Waals surface area contributed by atoms with Crippen molar-refractivity contribution in [1.29, 1.82) is 0 Å². The molecule has 4 N–H and O–H groups in total. The van der Waals surface area contributed by atoms with Gasteiger partial charge in [0.1, 0.15) is 0 Å². The Morgan fingerprint density at radius 3 is 2.62 bits per heavy atom. The highest BCUT2D eigenvalue weighted by Crippen LogP contribution is 1.55. The standard InChI is InChI=1S/C4H11N3S/c1-6-2-3-7-4(5)8/h6H,2-3H2,1H3,(H3,5,7,8). The third-order valence-corrected chi connectivity index (χ3v) is 0.819. The molecule has 0 heterocycles. The molecule has 0 aliphatic rings. The third kappa shape index (κ3) is 5.65. The smallest absolute Gasteiger partial charge is 0.163 e. The molecule has 0 aliphatic heterocycles. The van der Waals surface area contributed by atoms with Crippen molar-refractivity contribution in [2.75, 3.05) is 20.1 Å². The van der Waals surface area contributed by atoms with Crippen molar-refractivity contribution < 1.29 is 0 Å². The second kappa shape index (κ2) is 4.80. The Morgan fingerprint density at radius 2 is 2.25 bits per heavy atom. The first-order valence-electron chi connectivity index (χ1n) is 2.45. The summed E-state index contributed by atoms with van der Waals surface area (Å²) in [6, 6.07) is 0. The number of hydrogen-bond acceptors (Lipinski definition) is 2. The molecule has 0 rings (SSSR count). The minimum atomic E-state index is 0.361. The fourth-order valence-electron chi connectivity index (χ4n) is 0.311. The molecule has 0 amide bonds. The molecule has 0 aromatic rings. The average molecular weight is 133 g/mol. The molecule has 0 aromatic heterocycles. The van der Waals surface area contributed by atoms with E-state index in [4.69, 9.17) is 5.73 Å². The summed E-state index contributed by atoms with van der Waals surface area (Å²) in [5.41, 5.74) is 5.13. The van der Waals surface area contributed by atoms with Crippen LogP contribution in [0, 0.1) is 0 Å². The lowest BCUT2D eigenvalue weighted by Crippen LogP contribution is -2.34. The lowest BCUT2D eigenvalue weighted by molar-refractivity contribution is 0.759. The molecule has 0 radical (unpaired) electrons. The van der Waals surface area contributed by atoms with Gasteiger partial charge in [-0.3, -0.25) is 0 Å². The van der Waals surface area contributed by atoms with E-state index in [2.05, 4.69) is 22.9 Å². The largest absolute Gasteiger partial charge is 0.376 e. The molecule has 0 fully saturated rings. The maximum Gasteiger partial charge on any atom is 0.163 e. The average Bonchev–Trinajstić information content (AvgIpc) is 1.66. The number of likely N-dealkylation sites (N-methyl/N-ethyl adjacent to an activating group) is 1. The van der Waals surface area contributed by atoms with Crippen molar-refractivity contribution in [2.24, 2.45) is 5.73 Å². The van der Waals surface area contributed by atoms with Crippen molar-refractivity contribution in [3.8, 4) is 0 Å². The highest BCUT2D eigenvalue weighted by molar-refractivity contribution is 7.80. The highest BCUT2D eigenvalue weighted by Gasteiger charge is 1.81. The zero-order valence-corrected chi connectivity index (χ0v) is 5.72. The van der Waals surface area contributed by atoms with Gasteiger partial charge in [0.15, 0.2) is 5.11 Å². The van der Waals surface area contributed by atoms with Gasteiger partial charge in [-0.05, 0) is 19.3 Å². The fourth-order valence-corrected chi connectivity index (χ4v) is 0.413. The normalized spacial score (nSPS) is 8.62. The van der Waals surface area contributed by atoms with Crippen LogP contribution in [0.15, 0.2) is 0 Å². The van der Waals surface area contributed by atoms with Gasteiger partial charge >= 0.3 is 0 Å². The lowest BCUT2D eigenvalue weighted by Gasteiger charge is -2.00. The fraction of sp³-hybridized carbons (Fsp3) is 0.750. The summed E-state index contributed by atoms with van der Waals surface area (Å²) < 4.78 is 0. The first-order valence-corrected chi connectivity index (χ1v) is 2.86. The van der Waals surface area contributed by atoms with E-state index in [9.17, 15) is 0 Å². The van der Waals surface area contributed by atoms with E-state index in [1.807, 2.05) is 7.05 Å². The SMILES string of the molecule is CNCCNC(N)=S. The summed E-state index contributed by atoms with van der Waals surface area (Å²) in [6.45, 7) is 1.68. The molecule has 48 valence electrons. The minimum Gasteiger partial charge on any atom is -0.376 e. The van der Waals surface area contributed by atoms with Crippen molar-refractivity contribution in [3.05, 3.63) is 0 Å². The number of hydrogen-bond donors (Lipinski definition) is 3. The molecule has 0 saturated heterocycles. The van der Waals surface area contributed by atoms with E-state index in [-0.39, 0.29) is 0 Å². The monoisotopic (exact) mass is 133 g/mol. The number of nitrogens with two attached hydrogens (primary N) is 1. The zero-order valence-electron chi connectivity index (χ0n) is 4.90. The first-order chi connectivity index (χ1) is 3.77. The molecule has 3 nitrogen and oxygen atoms in total. The van der Waals surface area contributed by atoms with Crippen LogP contribution in [-0.2, 0) is 0 Å². The Balaban J connectivity index is 2.82. The van der Waals surface area contributed by atoms with Crippen molar-refractivity contribution in [3.63, 3.8) is 0 Å². The van der Waals surface area contributed by atoms with Crippen LogP contribution in [-0.4, -0.2) is 25.2 Å². The van der Waals surface area contributed by atoms with Crippen LogP contribution in [0.4, 0.5) is 0 Å². The first kappa shape index (κ1) is 7.65. The zero-order chi connectivity index (χ0) is 6.41. The van der Waals surface area contributed by atoms with Crippen LogP contribution in [0.25, 0.3) is 0 Å². The quantitative estimate of drug-likeness (QED) is 0.343. The van der Waals surface area contributed by atoms with Crippen LogP contribution < -0.4 is 16.4 Å². The molecule has 0 aliphatic carbocycles. The Kier molecular flexibility index (Phi) is 4.59. The summed E-state index contributed by atoms with van der Waals surface area (Å²) in [4.78, 5) is 0. The summed E-state index contributed by atoms with van der Waals surface area (Å²) in [7, 11) is 1.88. The topological polar surface area (TPSA) is 50.1 Å². The summed E-state index contributed by atoms with van der Waals surface area (Å²) in [5, 5.41) is 6.10. The summed E-state index contributed by atoms with van der Waals surface area (Å²) in [6.07, 6.45) is 0. The maximum absolute atomic E-state index is 5.13. The van der Waals surface area contributed by atoms with Gasteiger partial charge in [0.25, 0.3) is 0 Å². The van der Waals surface area contributed by atoms with E-state index >= 15 is 0 Å². The molecule has 4 heteroatoms. The van der Waals surface area contributed by atoms with Gasteiger partial charge in [-0.25, -0.2) is 0 Å². The number of nitrogens with one attached hydrogen (secondary N) is 2. The van der Waals surface area contributed by atoms with Gasteiger partial charge in [0, 0.05) is 13.1 Å². The number of thiocarbonyl (C=S) groups is 1. The molecule has 0 saturated carbocycles. The van der Waals surface area contributed by atoms with Crippen LogP contribution in [0.1, 0.15) is 0 Å². The van der Waals surface area contributed by atoms with E-state index in [1.165, 1.54) is 0 Å². The highest BCUT2D eigenvalue weighted by atomic mass is 32.1. The minimum absolute atomic E-state index is 0.361.